The van der Waals surface area contributed by atoms with E-state index in [0.29, 0.717) is 17.9 Å². The third-order valence-electron chi connectivity index (χ3n) is 2.92. The summed E-state index contributed by atoms with van der Waals surface area (Å²) in [6.07, 6.45) is -1.89. The van der Waals surface area contributed by atoms with Crippen LogP contribution in [0, 0.1) is 5.92 Å². The highest BCUT2D eigenvalue weighted by molar-refractivity contribution is 5.85. The highest BCUT2D eigenvalue weighted by Crippen LogP contribution is 2.39. The Morgan fingerprint density at radius 2 is 2.00 bits per heavy atom. The van der Waals surface area contributed by atoms with Crippen molar-refractivity contribution in [3.63, 3.8) is 0 Å². The molecule has 0 spiro atoms. The van der Waals surface area contributed by atoms with Crippen LogP contribution in [0.15, 0.2) is 18.2 Å². The number of benzene rings is 1. The van der Waals surface area contributed by atoms with Crippen molar-refractivity contribution in [2.24, 2.45) is 11.7 Å². The second-order valence-electron chi connectivity index (χ2n) is 4.55. The molecule has 1 atom stereocenters. The Balaban J connectivity index is 0.00000180. The molecule has 0 aromatic heterocycles. The third-order valence-corrected chi connectivity index (χ3v) is 2.92. The highest BCUT2D eigenvalue weighted by atomic mass is 35.5. The second kappa shape index (κ2) is 5.88. The first kappa shape index (κ1) is 15.9. The highest BCUT2D eigenvalue weighted by Gasteiger charge is 2.32. The summed E-state index contributed by atoms with van der Waals surface area (Å²) in [5.41, 5.74) is 6.17. The fraction of sp³-hybridized carbons (Fsp3) is 0.500. The van der Waals surface area contributed by atoms with Gasteiger partial charge in [-0.2, -0.15) is 0 Å². The maximum atomic E-state index is 12.1. The van der Waals surface area contributed by atoms with Crippen molar-refractivity contribution in [1.82, 2.24) is 0 Å². The van der Waals surface area contributed by atoms with Gasteiger partial charge in [0.15, 0.2) is 0 Å². The molecule has 108 valence electrons. The molecule has 1 aromatic rings. The van der Waals surface area contributed by atoms with E-state index in [1.54, 1.807) is 0 Å². The van der Waals surface area contributed by atoms with Crippen molar-refractivity contribution in [2.75, 3.05) is 0 Å². The van der Waals surface area contributed by atoms with Gasteiger partial charge in [-0.05, 0) is 30.5 Å². The van der Waals surface area contributed by atoms with Gasteiger partial charge in [0, 0.05) is 11.6 Å². The van der Waals surface area contributed by atoms with Crippen LogP contribution in [-0.4, -0.2) is 11.5 Å². The van der Waals surface area contributed by atoms with Gasteiger partial charge in [0.1, 0.15) is 11.5 Å². The molecule has 19 heavy (non-hydrogen) atoms. The van der Waals surface area contributed by atoms with Crippen LogP contribution >= 0.6 is 12.4 Å². The second-order valence-corrected chi connectivity index (χ2v) is 4.55. The number of nitrogens with two attached hydrogens (primary N) is 1. The molecule has 0 unspecified atom stereocenters. The van der Waals surface area contributed by atoms with E-state index in [1.807, 2.05) is 0 Å². The lowest BCUT2D eigenvalue weighted by molar-refractivity contribution is -0.274. The topological polar surface area (TPSA) is 55.5 Å². The largest absolute Gasteiger partial charge is 0.573 e. The number of phenolic OH excluding ortho intramolecular Hbond substituents is 1. The number of phenols is 1. The molecule has 1 aromatic carbocycles. The predicted octanol–water partition coefficient (Wildman–Crippen LogP) is 3.51. The van der Waals surface area contributed by atoms with E-state index in [2.05, 4.69) is 4.74 Å². The van der Waals surface area contributed by atoms with E-state index >= 15 is 0 Å². The summed E-state index contributed by atoms with van der Waals surface area (Å²) in [5.74, 6) is 0.0609. The van der Waals surface area contributed by atoms with Crippen molar-refractivity contribution in [3.05, 3.63) is 23.8 Å². The standard InChI is InChI=1S/C12H14F3NO2.ClH/c13-12(14,15)18-8-3-4-11(17)9(6-8)10(16)5-7-1-2-7;/h3-4,6-7,10,17H,1-2,5,16H2;1H/t10-;/m0./s1. The SMILES string of the molecule is Cl.N[C@@H](CC1CC1)c1cc(OC(F)(F)F)ccc1O. The normalized spacial score (nSPS) is 16.6. The van der Waals surface area contributed by atoms with Crippen LogP contribution in [0.5, 0.6) is 11.5 Å². The fourth-order valence-electron chi connectivity index (χ4n) is 1.87. The van der Waals surface area contributed by atoms with Gasteiger partial charge in [-0.3, -0.25) is 0 Å². The van der Waals surface area contributed by atoms with Crippen LogP contribution in [0.2, 0.25) is 0 Å². The summed E-state index contributed by atoms with van der Waals surface area (Å²) >= 11 is 0. The molecule has 1 aliphatic rings. The predicted molar refractivity (Wildman–Crippen MR) is 66.3 cm³/mol. The first-order valence-corrected chi connectivity index (χ1v) is 5.69. The van der Waals surface area contributed by atoms with Crippen molar-refractivity contribution < 1.29 is 23.0 Å². The average molecular weight is 298 g/mol. The molecule has 0 aliphatic heterocycles. The van der Waals surface area contributed by atoms with Crippen molar-refractivity contribution in [3.8, 4) is 11.5 Å². The lowest BCUT2D eigenvalue weighted by Crippen LogP contribution is -2.18. The first-order chi connectivity index (χ1) is 8.35. The molecule has 0 saturated heterocycles. The Bertz CT molecular complexity index is 435. The lowest BCUT2D eigenvalue weighted by atomic mass is 10.0. The van der Waals surface area contributed by atoms with E-state index in [1.165, 1.54) is 6.07 Å². The van der Waals surface area contributed by atoms with E-state index in [4.69, 9.17) is 5.73 Å². The van der Waals surface area contributed by atoms with Crippen LogP contribution in [-0.2, 0) is 0 Å². The molecular formula is C12H15ClF3NO2. The monoisotopic (exact) mass is 297 g/mol. The third kappa shape index (κ3) is 4.80. The maximum absolute atomic E-state index is 12.1. The number of hydrogen-bond acceptors (Lipinski definition) is 3. The van der Waals surface area contributed by atoms with Crippen LogP contribution in [0.4, 0.5) is 13.2 Å². The number of halogens is 4. The quantitative estimate of drug-likeness (QED) is 0.894. The van der Waals surface area contributed by atoms with Gasteiger partial charge in [-0.1, -0.05) is 12.8 Å². The Labute approximate surface area is 115 Å². The molecule has 0 amide bonds. The molecule has 0 heterocycles. The molecular weight excluding hydrogens is 283 g/mol. The average Bonchev–Trinajstić information content (AvgIpc) is 3.02. The van der Waals surface area contributed by atoms with Gasteiger partial charge >= 0.3 is 6.36 Å². The summed E-state index contributed by atoms with van der Waals surface area (Å²) in [6, 6.07) is 2.92. The van der Waals surface area contributed by atoms with Crippen LogP contribution in [0.1, 0.15) is 30.9 Å². The summed E-state index contributed by atoms with van der Waals surface area (Å²) in [6.45, 7) is 0. The lowest BCUT2D eigenvalue weighted by Gasteiger charge is -2.15. The zero-order valence-corrected chi connectivity index (χ0v) is 10.8. The van der Waals surface area contributed by atoms with E-state index in [-0.39, 0.29) is 23.9 Å². The fourth-order valence-corrected chi connectivity index (χ4v) is 1.87. The minimum absolute atomic E-state index is 0. The van der Waals surface area contributed by atoms with Gasteiger partial charge in [0.2, 0.25) is 0 Å². The molecule has 0 bridgehead atoms. The summed E-state index contributed by atoms with van der Waals surface area (Å²) in [4.78, 5) is 0. The molecule has 1 fully saturated rings. The molecule has 1 aliphatic carbocycles. The Kier molecular flexibility index (Phi) is 4.92. The molecule has 1 saturated carbocycles. The minimum atomic E-state index is -4.74. The Morgan fingerprint density at radius 1 is 1.37 bits per heavy atom. The van der Waals surface area contributed by atoms with Gasteiger partial charge in [0.25, 0.3) is 0 Å². The first-order valence-electron chi connectivity index (χ1n) is 5.69. The molecule has 3 N–H and O–H groups in total. The number of aromatic hydroxyl groups is 1. The number of alkyl halides is 3. The number of rotatable bonds is 4. The molecule has 7 heteroatoms. The zero-order valence-electron chi connectivity index (χ0n) is 9.98. The Morgan fingerprint density at radius 3 is 2.53 bits per heavy atom. The van der Waals surface area contributed by atoms with Crippen molar-refractivity contribution in [1.29, 1.82) is 0 Å². The number of ether oxygens (including phenoxy) is 1. The minimum Gasteiger partial charge on any atom is -0.508 e. The molecule has 0 radical (unpaired) electrons. The van der Waals surface area contributed by atoms with Gasteiger partial charge in [0.05, 0.1) is 0 Å². The van der Waals surface area contributed by atoms with Crippen molar-refractivity contribution in [2.45, 2.75) is 31.7 Å². The summed E-state index contributed by atoms with van der Waals surface area (Å²) in [5, 5.41) is 9.62. The smallest absolute Gasteiger partial charge is 0.508 e. The molecule has 3 nitrogen and oxygen atoms in total. The maximum Gasteiger partial charge on any atom is 0.573 e. The van der Waals surface area contributed by atoms with E-state index in [0.717, 1.165) is 25.0 Å². The summed E-state index contributed by atoms with van der Waals surface area (Å²) < 4.78 is 40.0. The van der Waals surface area contributed by atoms with Gasteiger partial charge in [-0.15, -0.1) is 25.6 Å². The van der Waals surface area contributed by atoms with E-state index < -0.39 is 12.4 Å². The van der Waals surface area contributed by atoms with Gasteiger partial charge in [-0.25, -0.2) is 0 Å². The van der Waals surface area contributed by atoms with Crippen LogP contribution in [0.25, 0.3) is 0 Å². The zero-order chi connectivity index (χ0) is 13.3. The van der Waals surface area contributed by atoms with Gasteiger partial charge < -0.3 is 15.6 Å². The molecule has 2 rings (SSSR count). The number of hydrogen-bond donors (Lipinski definition) is 2. The van der Waals surface area contributed by atoms with Crippen LogP contribution in [0.3, 0.4) is 0 Å². The van der Waals surface area contributed by atoms with E-state index in [9.17, 15) is 18.3 Å². The van der Waals surface area contributed by atoms with Crippen LogP contribution < -0.4 is 10.5 Å². The summed E-state index contributed by atoms with van der Waals surface area (Å²) in [7, 11) is 0. The van der Waals surface area contributed by atoms with Crippen molar-refractivity contribution >= 4 is 12.4 Å². The Hall–Kier alpha value is -1.14.